The molecular weight excluding hydrogens is 364 g/mol. The molecule has 3 heterocycles. The predicted molar refractivity (Wildman–Crippen MR) is 104 cm³/mol. The Morgan fingerprint density at radius 2 is 1.93 bits per heavy atom. The minimum Gasteiger partial charge on any atom is -0.452 e. The molecule has 5 rings (SSSR count). The maximum atomic E-state index is 12.3. The third-order valence-electron chi connectivity index (χ3n) is 4.39. The number of nitrogens with one attached hydrogen (secondary N) is 2. The quantitative estimate of drug-likeness (QED) is 0.526. The van der Waals surface area contributed by atoms with E-state index < -0.39 is 0 Å². The number of halogens is 1. The van der Waals surface area contributed by atoms with Crippen LogP contribution in [0.1, 0.15) is 5.56 Å². The van der Waals surface area contributed by atoms with Crippen molar-refractivity contribution < 1.29 is 9.21 Å². The summed E-state index contributed by atoms with van der Waals surface area (Å²) in [5.74, 6) is 0.832. The van der Waals surface area contributed by atoms with Gasteiger partial charge in [0.1, 0.15) is 11.3 Å². The van der Waals surface area contributed by atoms with Crippen LogP contribution in [0.25, 0.3) is 22.4 Å². The largest absolute Gasteiger partial charge is 0.452 e. The molecule has 2 aromatic carbocycles. The number of anilines is 3. The summed E-state index contributed by atoms with van der Waals surface area (Å²) in [6, 6.07) is 14.8. The summed E-state index contributed by atoms with van der Waals surface area (Å²) < 4.78 is 6.02. The number of aromatic nitrogens is 2. The first-order valence-corrected chi connectivity index (χ1v) is 8.75. The fraction of sp³-hybridized carbons (Fsp3) is 0.0500. The second kappa shape index (κ2) is 6.10. The van der Waals surface area contributed by atoms with E-state index >= 15 is 0 Å². The maximum Gasteiger partial charge on any atom is 0.229 e. The highest BCUT2D eigenvalue weighted by Gasteiger charge is 2.26. The molecule has 2 N–H and O–H groups in total. The monoisotopic (exact) mass is 376 g/mol. The van der Waals surface area contributed by atoms with Gasteiger partial charge < -0.3 is 15.1 Å². The Kier molecular flexibility index (Phi) is 3.58. The number of amides is 1. The van der Waals surface area contributed by atoms with E-state index in [1.807, 2.05) is 36.4 Å². The minimum absolute atomic E-state index is 0.122. The van der Waals surface area contributed by atoms with Gasteiger partial charge >= 0.3 is 0 Å². The second-order valence-corrected chi connectivity index (χ2v) is 6.66. The lowest BCUT2D eigenvalue weighted by atomic mass is 10.1. The smallest absolute Gasteiger partial charge is 0.229 e. The molecule has 0 fully saturated rings. The Bertz CT molecular complexity index is 1180. The van der Waals surface area contributed by atoms with Crippen LogP contribution in [0.4, 0.5) is 17.3 Å². The molecule has 2 aromatic heterocycles. The van der Waals surface area contributed by atoms with Gasteiger partial charge in [0, 0.05) is 27.9 Å². The molecular formula is C20H13ClN4O2. The predicted octanol–water partition coefficient (Wildman–Crippen LogP) is 4.78. The fourth-order valence-corrected chi connectivity index (χ4v) is 3.27. The highest BCUT2D eigenvalue weighted by Crippen LogP contribution is 2.40. The molecule has 6 nitrogen and oxygen atoms in total. The van der Waals surface area contributed by atoms with E-state index in [0.717, 1.165) is 11.1 Å². The fourth-order valence-electron chi connectivity index (χ4n) is 3.15. The standard InChI is InChI=1S/C20H13ClN4O2/c21-12-5-7-13(8-6-12)23-20-22-10-11-9-16(26)24-18-14-3-1-2-4-15(14)27-19(18)17(11)25-20/h1-8,10H,9H2,(H,24,26)(H,22,23,25). The molecule has 0 saturated carbocycles. The van der Waals surface area contributed by atoms with Crippen LogP contribution in [0, 0.1) is 0 Å². The van der Waals surface area contributed by atoms with E-state index in [1.165, 1.54) is 0 Å². The van der Waals surface area contributed by atoms with Crippen molar-refractivity contribution in [3.63, 3.8) is 0 Å². The van der Waals surface area contributed by atoms with E-state index in [0.29, 0.717) is 39.3 Å². The Hall–Kier alpha value is -3.38. The second-order valence-electron chi connectivity index (χ2n) is 6.23. The van der Waals surface area contributed by atoms with Gasteiger partial charge in [-0.05, 0) is 36.4 Å². The lowest BCUT2D eigenvalue weighted by Gasteiger charge is -2.08. The highest BCUT2D eigenvalue weighted by molar-refractivity contribution is 6.30. The van der Waals surface area contributed by atoms with Crippen LogP contribution in [-0.4, -0.2) is 15.9 Å². The molecule has 27 heavy (non-hydrogen) atoms. The van der Waals surface area contributed by atoms with Gasteiger partial charge in [-0.15, -0.1) is 0 Å². The van der Waals surface area contributed by atoms with E-state index in [-0.39, 0.29) is 12.3 Å². The zero-order chi connectivity index (χ0) is 18.4. The normalized spacial score (nSPS) is 12.9. The first kappa shape index (κ1) is 15.8. The summed E-state index contributed by atoms with van der Waals surface area (Å²) in [6.07, 6.45) is 1.84. The van der Waals surface area contributed by atoms with Crippen LogP contribution in [0.5, 0.6) is 0 Å². The summed E-state index contributed by atoms with van der Waals surface area (Å²) in [6.45, 7) is 0. The summed E-state index contributed by atoms with van der Waals surface area (Å²) >= 11 is 5.93. The van der Waals surface area contributed by atoms with Gasteiger partial charge in [0.2, 0.25) is 11.9 Å². The van der Waals surface area contributed by atoms with E-state index in [4.69, 9.17) is 16.0 Å². The van der Waals surface area contributed by atoms with Crippen molar-refractivity contribution in [2.75, 3.05) is 10.6 Å². The number of hydrogen-bond acceptors (Lipinski definition) is 5. The van der Waals surface area contributed by atoms with Crippen LogP contribution in [0.3, 0.4) is 0 Å². The van der Waals surface area contributed by atoms with Gasteiger partial charge in [-0.1, -0.05) is 23.7 Å². The summed E-state index contributed by atoms with van der Waals surface area (Å²) in [5.41, 5.74) is 3.47. The molecule has 7 heteroatoms. The van der Waals surface area contributed by atoms with Crippen molar-refractivity contribution in [2.24, 2.45) is 0 Å². The number of furan rings is 1. The Balaban J connectivity index is 1.64. The molecule has 0 radical (unpaired) electrons. The first-order chi connectivity index (χ1) is 13.2. The van der Waals surface area contributed by atoms with E-state index in [1.54, 1.807) is 18.3 Å². The third-order valence-corrected chi connectivity index (χ3v) is 4.64. The van der Waals surface area contributed by atoms with Gasteiger partial charge in [-0.2, -0.15) is 0 Å². The Morgan fingerprint density at radius 3 is 2.78 bits per heavy atom. The molecule has 1 aliphatic rings. The lowest BCUT2D eigenvalue weighted by Crippen LogP contribution is -2.12. The van der Waals surface area contributed by atoms with Crippen molar-refractivity contribution in [3.8, 4) is 11.5 Å². The molecule has 1 amide bonds. The maximum absolute atomic E-state index is 12.3. The third kappa shape index (κ3) is 2.80. The molecule has 0 aliphatic carbocycles. The summed E-state index contributed by atoms with van der Waals surface area (Å²) in [4.78, 5) is 21.3. The number of fused-ring (bicyclic) bond motifs is 5. The van der Waals surface area contributed by atoms with E-state index in [2.05, 4.69) is 20.6 Å². The van der Waals surface area contributed by atoms with Crippen LogP contribution in [-0.2, 0) is 11.2 Å². The zero-order valence-electron chi connectivity index (χ0n) is 14.0. The number of para-hydroxylation sites is 1. The number of nitrogens with zero attached hydrogens (tertiary/aromatic N) is 2. The number of rotatable bonds is 2. The summed E-state index contributed by atoms with van der Waals surface area (Å²) in [7, 11) is 0. The van der Waals surface area contributed by atoms with Crippen LogP contribution in [0.15, 0.2) is 59.1 Å². The number of benzene rings is 2. The molecule has 4 aromatic rings. The molecule has 132 valence electrons. The summed E-state index contributed by atoms with van der Waals surface area (Å²) in [5, 5.41) is 7.58. The average molecular weight is 377 g/mol. The van der Waals surface area contributed by atoms with Crippen molar-refractivity contribution in [1.82, 2.24) is 9.97 Å². The Labute approximate surface area is 159 Å². The van der Waals surface area contributed by atoms with Gasteiger partial charge in [-0.3, -0.25) is 4.79 Å². The molecule has 1 aliphatic heterocycles. The zero-order valence-corrected chi connectivity index (χ0v) is 14.7. The van der Waals surface area contributed by atoms with Crippen molar-refractivity contribution >= 4 is 45.8 Å². The van der Waals surface area contributed by atoms with Gasteiger partial charge in [0.15, 0.2) is 5.76 Å². The van der Waals surface area contributed by atoms with Gasteiger partial charge in [0.25, 0.3) is 0 Å². The number of carbonyl (C=O) groups excluding carboxylic acids is 1. The SMILES string of the molecule is O=C1Cc2cnc(Nc3ccc(Cl)cc3)nc2-c2oc3ccccc3c2N1. The van der Waals surface area contributed by atoms with Crippen molar-refractivity contribution in [3.05, 3.63) is 65.3 Å². The van der Waals surface area contributed by atoms with Crippen LogP contribution >= 0.6 is 11.6 Å². The lowest BCUT2D eigenvalue weighted by molar-refractivity contribution is -0.115. The van der Waals surface area contributed by atoms with E-state index in [9.17, 15) is 4.79 Å². The van der Waals surface area contributed by atoms with Crippen LogP contribution < -0.4 is 10.6 Å². The van der Waals surface area contributed by atoms with Crippen molar-refractivity contribution in [1.29, 1.82) is 0 Å². The number of hydrogen-bond donors (Lipinski definition) is 2. The molecule has 0 spiro atoms. The molecule has 0 saturated heterocycles. The number of carbonyl (C=O) groups is 1. The van der Waals surface area contributed by atoms with Gasteiger partial charge in [-0.25, -0.2) is 9.97 Å². The van der Waals surface area contributed by atoms with Crippen LogP contribution in [0.2, 0.25) is 5.02 Å². The molecule has 0 atom stereocenters. The molecule has 0 unspecified atom stereocenters. The van der Waals surface area contributed by atoms with Crippen molar-refractivity contribution in [2.45, 2.75) is 6.42 Å². The Morgan fingerprint density at radius 1 is 1.11 bits per heavy atom. The molecule has 0 bridgehead atoms. The average Bonchev–Trinajstić information content (AvgIpc) is 2.96. The van der Waals surface area contributed by atoms with Gasteiger partial charge in [0.05, 0.1) is 12.1 Å². The minimum atomic E-state index is -0.122. The highest BCUT2D eigenvalue weighted by atomic mass is 35.5. The topological polar surface area (TPSA) is 80.1 Å². The first-order valence-electron chi connectivity index (χ1n) is 8.37.